The van der Waals surface area contributed by atoms with Gasteiger partial charge in [0.1, 0.15) is 0 Å². The van der Waals surface area contributed by atoms with Crippen molar-refractivity contribution < 1.29 is 4.79 Å². The van der Waals surface area contributed by atoms with E-state index in [1.165, 1.54) is 17.3 Å². The molecule has 0 fully saturated rings. The Morgan fingerprint density at radius 2 is 2.08 bits per heavy atom. The Morgan fingerprint density at radius 3 is 2.88 bits per heavy atom. The van der Waals surface area contributed by atoms with Crippen LogP contribution in [0.15, 0.2) is 58.5 Å². The first-order chi connectivity index (χ1) is 12.5. The first-order valence-corrected chi connectivity index (χ1v) is 9.46. The van der Waals surface area contributed by atoms with Gasteiger partial charge in [-0.3, -0.25) is 9.78 Å². The number of carbonyl (C=O) groups is 1. The number of halogens is 1. The molecule has 1 heterocycles. The molecule has 0 aliphatic rings. The van der Waals surface area contributed by atoms with Crippen LogP contribution in [0.25, 0.3) is 10.9 Å². The molecule has 0 radical (unpaired) electrons. The maximum absolute atomic E-state index is 12.1. The number of aromatic nitrogens is 1. The number of amides is 1. The standard InChI is InChI=1S/C20H18ClN3OS/c1-13-6-7-18-17(8-13)19(9-14(2)23-18)26-12-20(25)24-22-11-15-4-3-5-16(21)10-15/h3-11H,12H2,1-2H3,(H,24,25). The quantitative estimate of drug-likeness (QED) is 0.393. The van der Waals surface area contributed by atoms with E-state index in [1.807, 2.05) is 44.2 Å². The van der Waals surface area contributed by atoms with Crippen LogP contribution < -0.4 is 5.43 Å². The number of aryl methyl sites for hydroxylation is 2. The van der Waals surface area contributed by atoms with E-state index in [4.69, 9.17) is 11.6 Å². The van der Waals surface area contributed by atoms with E-state index >= 15 is 0 Å². The first kappa shape index (κ1) is 18.4. The lowest BCUT2D eigenvalue weighted by molar-refractivity contribution is -0.118. The van der Waals surface area contributed by atoms with E-state index in [0.717, 1.165) is 27.1 Å². The summed E-state index contributed by atoms with van der Waals surface area (Å²) >= 11 is 7.40. The van der Waals surface area contributed by atoms with Gasteiger partial charge in [-0.15, -0.1) is 11.8 Å². The second-order valence-electron chi connectivity index (χ2n) is 5.92. The molecule has 4 nitrogen and oxygen atoms in total. The third kappa shape index (κ3) is 4.84. The lowest BCUT2D eigenvalue weighted by atomic mass is 10.1. The average Bonchev–Trinajstić information content (AvgIpc) is 2.60. The maximum Gasteiger partial charge on any atom is 0.250 e. The summed E-state index contributed by atoms with van der Waals surface area (Å²) in [6.07, 6.45) is 1.57. The summed E-state index contributed by atoms with van der Waals surface area (Å²) in [5.74, 6) is 0.114. The summed E-state index contributed by atoms with van der Waals surface area (Å²) < 4.78 is 0. The van der Waals surface area contributed by atoms with Crippen LogP contribution in [-0.4, -0.2) is 22.9 Å². The van der Waals surface area contributed by atoms with E-state index in [0.29, 0.717) is 5.02 Å². The van der Waals surface area contributed by atoms with E-state index < -0.39 is 0 Å². The Hall–Kier alpha value is -2.37. The molecule has 2 aromatic carbocycles. The van der Waals surface area contributed by atoms with Crippen molar-refractivity contribution in [3.63, 3.8) is 0 Å². The molecule has 0 saturated carbocycles. The number of nitrogens with zero attached hydrogens (tertiary/aromatic N) is 2. The zero-order valence-electron chi connectivity index (χ0n) is 14.5. The molecule has 0 unspecified atom stereocenters. The Balaban J connectivity index is 1.64. The smallest absolute Gasteiger partial charge is 0.250 e. The topological polar surface area (TPSA) is 54.4 Å². The van der Waals surface area contributed by atoms with E-state index in [9.17, 15) is 4.79 Å². The lowest BCUT2D eigenvalue weighted by Gasteiger charge is -2.08. The summed E-state index contributed by atoms with van der Waals surface area (Å²) in [6, 6.07) is 15.4. The van der Waals surface area contributed by atoms with Gasteiger partial charge < -0.3 is 0 Å². The van der Waals surface area contributed by atoms with Crippen LogP contribution in [-0.2, 0) is 4.79 Å². The molecule has 1 aromatic heterocycles. The Morgan fingerprint density at radius 1 is 1.23 bits per heavy atom. The molecule has 3 rings (SSSR count). The fourth-order valence-corrected chi connectivity index (χ4v) is 3.62. The summed E-state index contributed by atoms with van der Waals surface area (Å²) in [4.78, 5) is 17.7. The van der Waals surface area contributed by atoms with Crippen LogP contribution in [0.4, 0.5) is 0 Å². The number of benzene rings is 2. The molecular formula is C20H18ClN3OS. The highest BCUT2D eigenvalue weighted by Crippen LogP contribution is 2.28. The highest BCUT2D eigenvalue weighted by Gasteiger charge is 2.08. The molecule has 26 heavy (non-hydrogen) atoms. The van der Waals surface area contributed by atoms with Crippen LogP contribution in [0.5, 0.6) is 0 Å². The molecule has 3 aromatic rings. The minimum Gasteiger partial charge on any atom is -0.272 e. The molecule has 132 valence electrons. The second-order valence-corrected chi connectivity index (χ2v) is 7.37. The van der Waals surface area contributed by atoms with Gasteiger partial charge in [0.25, 0.3) is 0 Å². The maximum atomic E-state index is 12.1. The Bertz CT molecular complexity index is 988. The number of fused-ring (bicyclic) bond motifs is 1. The van der Waals surface area contributed by atoms with Gasteiger partial charge in [-0.05, 0) is 49.7 Å². The van der Waals surface area contributed by atoms with Crippen molar-refractivity contribution in [3.8, 4) is 0 Å². The van der Waals surface area contributed by atoms with Crippen molar-refractivity contribution in [2.45, 2.75) is 18.7 Å². The van der Waals surface area contributed by atoms with Crippen LogP contribution in [0.2, 0.25) is 5.02 Å². The number of pyridine rings is 1. The van der Waals surface area contributed by atoms with Crippen molar-refractivity contribution in [1.82, 2.24) is 10.4 Å². The van der Waals surface area contributed by atoms with Crippen molar-refractivity contribution in [2.75, 3.05) is 5.75 Å². The van der Waals surface area contributed by atoms with Gasteiger partial charge in [0.15, 0.2) is 0 Å². The highest BCUT2D eigenvalue weighted by molar-refractivity contribution is 8.00. The van der Waals surface area contributed by atoms with Crippen molar-refractivity contribution >= 4 is 46.4 Å². The minimum atomic E-state index is -0.163. The third-order valence-corrected chi connectivity index (χ3v) is 4.96. The predicted octanol–water partition coefficient (Wildman–Crippen LogP) is 4.75. The van der Waals surface area contributed by atoms with Gasteiger partial charge in [0.05, 0.1) is 17.5 Å². The van der Waals surface area contributed by atoms with Crippen LogP contribution >= 0.6 is 23.4 Å². The molecule has 0 aliphatic heterocycles. The molecule has 0 saturated heterocycles. The monoisotopic (exact) mass is 383 g/mol. The fraction of sp³-hybridized carbons (Fsp3) is 0.150. The largest absolute Gasteiger partial charge is 0.272 e. The summed E-state index contributed by atoms with van der Waals surface area (Å²) in [6.45, 7) is 4.00. The predicted molar refractivity (Wildman–Crippen MR) is 109 cm³/mol. The molecule has 0 atom stereocenters. The number of hydrogen-bond acceptors (Lipinski definition) is 4. The van der Waals surface area contributed by atoms with Crippen molar-refractivity contribution in [3.05, 3.63) is 70.4 Å². The summed E-state index contributed by atoms with van der Waals surface area (Å²) in [5.41, 5.74) is 6.42. The van der Waals surface area contributed by atoms with Gasteiger partial charge in [-0.25, -0.2) is 5.43 Å². The van der Waals surface area contributed by atoms with E-state index in [2.05, 4.69) is 21.6 Å². The lowest BCUT2D eigenvalue weighted by Crippen LogP contribution is -2.19. The fourth-order valence-electron chi connectivity index (χ4n) is 2.50. The zero-order valence-corrected chi connectivity index (χ0v) is 16.1. The minimum absolute atomic E-state index is 0.163. The van der Waals surface area contributed by atoms with Gasteiger partial charge in [-0.2, -0.15) is 5.10 Å². The number of hydrazone groups is 1. The average molecular weight is 384 g/mol. The number of nitrogens with one attached hydrogen (secondary N) is 1. The Labute approximate surface area is 161 Å². The van der Waals surface area contributed by atoms with Crippen LogP contribution in [0.1, 0.15) is 16.8 Å². The molecule has 1 N–H and O–H groups in total. The molecule has 6 heteroatoms. The number of hydrogen-bond donors (Lipinski definition) is 1. The van der Waals surface area contributed by atoms with Crippen LogP contribution in [0, 0.1) is 13.8 Å². The molecule has 1 amide bonds. The number of thioether (sulfide) groups is 1. The molecular weight excluding hydrogens is 366 g/mol. The van der Waals surface area contributed by atoms with Gasteiger partial charge in [0, 0.05) is 21.0 Å². The highest BCUT2D eigenvalue weighted by atomic mass is 35.5. The summed E-state index contributed by atoms with van der Waals surface area (Å²) in [5, 5.41) is 5.68. The Kier molecular flexibility index (Phi) is 5.91. The molecule has 0 aliphatic carbocycles. The zero-order chi connectivity index (χ0) is 18.5. The van der Waals surface area contributed by atoms with Crippen LogP contribution in [0.3, 0.4) is 0 Å². The van der Waals surface area contributed by atoms with Gasteiger partial charge in [0.2, 0.25) is 5.91 Å². The SMILES string of the molecule is Cc1ccc2nc(C)cc(SCC(=O)NN=Cc3cccc(Cl)c3)c2c1. The van der Waals surface area contributed by atoms with Gasteiger partial charge in [-0.1, -0.05) is 35.4 Å². The van der Waals surface area contributed by atoms with Gasteiger partial charge >= 0.3 is 0 Å². The van der Waals surface area contributed by atoms with Crippen molar-refractivity contribution in [1.29, 1.82) is 0 Å². The summed E-state index contributed by atoms with van der Waals surface area (Å²) in [7, 11) is 0. The normalized spacial score (nSPS) is 11.2. The third-order valence-electron chi connectivity index (χ3n) is 3.66. The first-order valence-electron chi connectivity index (χ1n) is 8.09. The van der Waals surface area contributed by atoms with E-state index in [1.54, 1.807) is 18.3 Å². The molecule has 0 bridgehead atoms. The van der Waals surface area contributed by atoms with E-state index in [-0.39, 0.29) is 11.7 Å². The molecule has 0 spiro atoms. The van der Waals surface area contributed by atoms with Crippen molar-refractivity contribution in [2.24, 2.45) is 5.10 Å². The second kappa shape index (κ2) is 8.34. The number of rotatable bonds is 5. The number of carbonyl (C=O) groups excluding carboxylic acids is 1.